The van der Waals surface area contributed by atoms with Crippen LogP contribution in [0, 0.1) is 0 Å². The van der Waals surface area contributed by atoms with Crippen LogP contribution >= 0.6 is 27.7 Å². The van der Waals surface area contributed by atoms with Gasteiger partial charge in [-0.25, -0.2) is 9.79 Å². The van der Waals surface area contributed by atoms with Crippen molar-refractivity contribution in [3.8, 4) is 5.75 Å². The van der Waals surface area contributed by atoms with Gasteiger partial charge in [-0.2, -0.15) is 0 Å². The van der Waals surface area contributed by atoms with Crippen LogP contribution in [0.1, 0.15) is 28.4 Å². The van der Waals surface area contributed by atoms with E-state index >= 15 is 0 Å². The highest BCUT2D eigenvalue weighted by Crippen LogP contribution is 2.36. The molecule has 3 aromatic rings. The van der Waals surface area contributed by atoms with E-state index in [1.807, 2.05) is 61.5 Å². The van der Waals surface area contributed by atoms with Gasteiger partial charge in [-0.05, 0) is 72.8 Å². The number of amides is 1. The first-order valence-electron chi connectivity index (χ1n) is 11.6. The number of ether oxygens (including phenoxy) is 2. The molecule has 0 spiro atoms. The van der Waals surface area contributed by atoms with Gasteiger partial charge in [0.25, 0.3) is 5.91 Å². The van der Waals surface area contributed by atoms with E-state index in [9.17, 15) is 9.59 Å². The lowest BCUT2D eigenvalue weighted by Gasteiger charge is -2.15. The number of hydrogen-bond acceptors (Lipinski definition) is 6. The molecular formula is C28H25BrN2O5S. The van der Waals surface area contributed by atoms with Crippen molar-refractivity contribution in [2.75, 3.05) is 19.8 Å². The lowest BCUT2D eigenvalue weighted by atomic mass is 10.1. The van der Waals surface area contributed by atoms with Crippen LogP contribution in [0.4, 0.5) is 5.69 Å². The van der Waals surface area contributed by atoms with Gasteiger partial charge in [0.1, 0.15) is 12.4 Å². The van der Waals surface area contributed by atoms with Crippen LogP contribution < -0.4 is 4.74 Å². The Morgan fingerprint density at radius 1 is 1.11 bits per heavy atom. The predicted molar refractivity (Wildman–Crippen MR) is 149 cm³/mol. The minimum Gasteiger partial charge on any atom is -0.488 e. The van der Waals surface area contributed by atoms with E-state index in [2.05, 4.69) is 15.9 Å². The number of para-hydroxylation sites is 1. The summed E-state index contributed by atoms with van der Waals surface area (Å²) in [4.78, 5) is 31.3. The summed E-state index contributed by atoms with van der Waals surface area (Å²) in [7, 11) is 0. The Hall–Kier alpha value is -3.40. The van der Waals surface area contributed by atoms with Crippen molar-refractivity contribution in [3.05, 3.63) is 98.9 Å². The van der Waals surface area contributed by atoms with Crippen LogP contribution in [-0.4, -0.2) is 46.8 Å². The summed E-state index contributed by atoms with van der Waals surface area (Å²) in [5.41, 5.74) is 2.55. The molecule has 0 radical (unpaired) electrons. The number of carbonyl (C=O) groups excluding carboxylic acids is 1. The molecular weight excluding hydrogens is 556 g/mol. The van der Waals surface area contributed by atoms with Gasteiger partial charge in [0.2, 0.25) is 0 Å². The van der Waals surface area contributed by atoms with E-state index in [0.717, 1.165) is 21.3 Å². The zero-order valence-corrected chi connectivity index (χ0v) is 22.5. The van der Waals surface area contributed by atoms with E-state index < -0.39 is 5.97 Å². The van der Waals surface area contributed by atoms with Crippen LogP contribution in [0.25, 0.3) is 6.08 Å². The molecule has 1 aliphatic rings. The number of halogens is 1. The van der Waals surface area contributed by atoms with Crippen molar-refractivity contribution >= 4 is 56.5 Å². The van der Waals surface area contributed by atoms with E-state index in [4.69, 9.17) is 19.6 Å². The van der Waals surface area contributed by atoms with Crippen LogP contribution in [0.3, 0.4) is 0 Å². The fourth-order valence-electron chi connectivity index (χ4n) is 3.51. The second-order valence-electron chi connectivity index (χ2n) is 7.97. The van der Waals surface area contributed by atoms with Gasteiger partial charge in [-0.1, -0.05) is 46.3 Å². The Morgan fingerprint density at radius 3 is 2.57 bits per heavy atom. The van der Waals surface area contributed by atoms with E-state index in [0.29, 0.717) is 35.6 Å². The highest BCUT2D eigenvalue weighted by atomic mass is 79.9. The van der Waals surface area contributed by atoms with E-state index in [-0.39, 0.29) is 18.1 Å². The number of amidine groups is 1. The lowest BCUT2D eigenvalue weighted by Crippen LogP contribution is -2.32. The fraction of sp³-hybridized carbons (Fsp3) is 0.179. The molecule has 0 aliphatic carbocycles. The number of carboxylic acids is 1. The first kappa shape index (κ1) is 26.7. The minimum absolute atomic E-state index is 0.144. The second-order valence-corrected chi connectivity index (χ2v) is 9.89. The van der Waals surface area contributed by atoms with Crippen LogP contribution in [0.15, 0.2) is 87.2 Å². The van der Waals surface area contributed by atoms with Gasteiger partial charge < -0.3 is 14.6 Å². The van der Waals surface area contributed by atoms with Crippen LogP contribution in [0.5, 0.6) is 5.75 Å². The quantitative estimate of drug-likeness (QED) is 0.221. The molecule has 0 unspecified atom stereocenters. The third-order valence-electron chi connectivity index (χ3n) is 5.39. The summed E-state index contributed by atoms with van der Waals surface area (Å²) in [6.45, 7) is 3.55. The summed E-state index contributed by atoms with van der Waals surface area (Å²) in [5.74, 6) is -0.520. The smallest absolute Gasteiger partial charge is 0.335 e. The largest absolute Gasteiger partial charge is 0.488 e. The molecule has 190 valence electrons. The van der Waals surface area contributed by atoms with Crippen molar-refractivity contribution in [2.45, 2.75) is 13.5 Å². The number of benzene rings is 3. The average molecular weight is 581 g/mol. The SMILES string of the molecule is CCOCCN1C(=O)/C(=C/c2cc(Br)ccc2OCc2ccc(C(=O)O)cc2)SC1=Nc1ccccc1. The maximum atomic E-state index is 13.4. The first-order valence-corrected chi connectivity index (χ1v) is 13.2. The molecule has 1 heterocycles. The summed E-state index contributed by atoms with van der Waals surface area (Å²) in [5, 5.41) is 9.69. The number of aliphatic imine (C=N–C) groups is 1. The Labute approximate surface area is 227 Å². The maximum absolute atomic E-state index is 13.4. The molecule has 0 bridgehead atoms. The first-order chi connectivity index (χ1) is 17.9. The van der Waals surface area contributed by atoms with Crippen molar-refractivity contribution in [1.29, 1.82) is 0 Å². The number of rotatable bonds is 10. The van der Waals surface area contributed by atoms with Crippen molar-refractivity contribution in [2.24, 2.45) is 4.99 Å². The lowest BCUT2D eigenvalue weighted by molar-refractivity contribution is -0.122. The van der Waals surface area contributed by atoms with Gasteiger partial charge >= 0.3 is 5.97 Å². The topological polar surface area (TPSA) is 88.4 Å². The maximum Gasteiger partial charge on any atom is 0.335 e. The Bertz CT molecular complexity index is 1330. The number of thioether (sulfide) groups is 1. The predicted octanol–water partition coefficient (Wildman–Crippen LogP) is 6.37. The number of nitrogens with zero attached hydrogens (tertiary/aromatic N) is 2. The Morgan fingerprint density at radius 2 is 1.86 bits per heavy atom. The molecule has 1 fully saturated rings. The van der Waals surface area contributed by atoms with Gasteiger partial charge in [-0.15, -0.1) is 0 Å². The van der Waals surface area contributed by atoms with Crippen LogP contribution in [0.2, 0.25) is 0 Å². The molecule has 1 N–H and O–H groups in total. The third kappa shape index (κ3) is 7.09. The molecule has 1 aliphatic heterocycles. The van der Waals surface area contributed by atoms with Gasteiger partial charge in [0.15, 0.2) is 5.17 Å². The molecule has 4 rings (SSSR count). The molecule has 0 aromatic heterocycles. The van der Waals surface area contributed by atoms with Gasteiger partial charge in [-0.3, -0.25) is 9.69 Å². The van der Waals surface area contributed by atoms with E-state index in [1.165, 1.54) is 11.8 Å². The highest BCUT2D eigenvalue weighted by molar-refractivity contribution is 9.10. The van der Waals surface area contributed by atoms with Crippen molar-refractivity contribution in [1.82, 2.24) is 4.90 Å². The molecule has 0 saturated carbocycles. The van der Waals surface area contributed by atoms with Gasteiger partial charge in [0, 0.05) is 16.6 Å². The van der Waals surface area contributed by atoms with Crippen molar-refractivity contribution in [3.63, 3.8) is 0 Å². The van der Waals surface area contributed by atoms with E-state index in [1.54, 1.807) is 29.2 Å². The molecule has 37 heavy (non-hydrogen) atoms. The summed E-state index contributed by atoms with van der Waals surface area (Å²) >= 11 is 4.82. The van der Waals surface area contributed by atoms with Crippen molar-refractivity contribution < 1.29 is 24.2 Å². The fourth-order valence-corrected chi connectivity index (χ4v) is 4.91. The molecule has 3 aromatic carbocycles. The Kier molecular flexibility index (Phi) is 9.16. The minimum atomic E-state index is -0.974. The van der Waals surface area contributed by atoms with Gasteiger partial charge in [0.05, 0.1) is 29.3 Å². The normalized spacial score (nSPS) is 15.5. The molecule has 0 atom stereocenters. The Balaban J connectivity index is 1.59. The summed E-state index contributed by atoms with van der Waals surface area (Å²) in [6.07, 6.45) is 1.81. The number of hydrogen-bond donors (Lipinski definition) is 1. The monoisotopic (exact) mass is 580 g/mol. The molecule has 9 heteroatoms. The summed E-state index contributed by atoms with van der Waals surface area (Å²) in [6, 6.07) is 21.6. The average Bonchev–Trinajstić information content (AvgIpc) is 3.18. The standard InChI is InChI=1S/C28H25BrN2O5S/c1-2-35-15-14-31-26(32)25(37-28(31)30-23-6-4-3-5-7-23)17-21-16-22(29)12-13-24(21)36-18-19-8-10-20(11-9-19)27(33)34/h3-13,16-17H,2,14-15,18H2,1H3,(H,33,34)/b25-17-,30-28?. The molecule has 1 saturated heterocycles. The second kappa shape index (κ2) is 12.7. The summed E-state index contributed by atoms with van der Waals surface area (Å²) < 4.78 is 12.4. The zero-order valence-electron chi connectivity index (χ0n) is 20.1. The van der Waals surface area contributed by atoms with Crippen LogP contribution in [-0.2, 0) is 16.1 Å². The highest BCUT2D eigenvalue weighted by Gasteiger charge is 2.33. The number of aromatic carboxylic acids is 1. The number of carbonyl (C=O) groups is 2. The molecule has 1 amide bonds. The zero-order chi connectivity index (χ0) is 26.2. The number of carboxylic acid groups (broad SMARTS) is 1. The third-order valence-corrected chi connectivity index (χ3v) is 6.89. The molecule has 7 nitrogen and oxygen atoms in total.